The van der Waals surface area contributed by atoms with Crippen molar-refractivity contribution in [1.29, 1.82) is 0 Å². The van der Waals surface area contributed by atoms with E-state index in [1.54, 1.807) is 11.3 Å². The van der Waals surface area contributed by atoms with Crippen LogP contribution in [-0.4, -0.2) is 23.0 Å². The molecule has 2 atom stereocenters. The predicted octanol–water partition coefficient (Wildman–Crippen LogP) is 3.36. The number of likely N-dealkylation sites (tertiary alicyclic amines) is 1. The van der Waals surface area contributed by atoms with Gasteiger partial charge >= 0.3 is 0 Å². The Morgan fingerprint density at radius 1 is 1.37 bits per heavy atom. The number of fused-ring (bicyclic) bond motifs is 1. The number of rotatable bonds is 2. The van der Waals surface area contributed by atoms with Crippen LogP contribution in [-0.2, 0) is 6.54 Å². The van der Waals surface area contributed by atoms with E-state index >= 15 is 0 Å². The molecule has 0 spiro atoms. The van der Waals surface area contributed by atoms with E-state index in [0.29, 0.717) is 5.13 Å². The van der Waals surface area contributed by atoms with Gasteiger partial charge in [-0.1, -0.05) is 31.3 Å². The van der Waals surface area contributed by atoms with Crippen molar-refractivity contribution in [3.05, 3.63) is 23.8 Å². The summed E-state index contributed by atoms with van der Waals surface area (Å²) in [4.78, 5) is 6.87. The molecular weight excluding hydrogens is 254 g/mol. The van der Waals surface area contributed by atoms with Crippen LogP contribution in [0, 0.1) is 11.8 Å². The van der Waals surface area contributed by atoms with Crippen molar-refractivity contribution < 1.29 is 0 Å². The van der Waals surface area contributed by atoms with E-state index < -0.39 is 0 Å². The van der Waals surface area contributed by atoms with Crippen molar-refractivity contribution in [2.75, 3.05) is 18.8 Å². The second kappa shape index (κ2) is 5.10. The van der Waals surface area contributed by atoms with E-state index in [1.165, 1.54) is 29.8 Å². The van der Waals surface area contributed by atoms with E-state index in [4.69, 9.17) is 5.73 Å². The Bertz CT molecular complexity index is 578. The monoisotopic (exact) mass is 275 g/mol. The van der Waals surface area contributed by atoms with Gasteiger partial charge < -0.3 is 5.73 Å². The highest BCUT2D eigenvalue weighted by atomic mass is 32.1. The summed E-state index contributed by atoms with van der Waals surface area (Å²) >= 11 is 1.58. The van der Waals surface area contributed by atoms with Crippen LogP contribution in [0.3, 0.4) is 0 Å². The smallest absolute Gasteiger partial charge is 0.181 e. The lowest BCUT2D eigenvalue weighted by molar-refractivity contribution is 0.132. The minimum atomic E-state index is 0.660. The Balaban J connectivity index is 1.74. The van der Waals surface area contributed by atoms with Gasteiger partial charge in [0.1, 0.15) is 0 Å². The van der Waals surface area contributed by atoms with Gasteiger partial charge in [0, 0.05) is 13.1 Å². The maximum atomic E-state index is 5.76. The number of hydrogen-bond acceptors (Lipinski definition) is 4. The number of piperidine rings is 1. The van der Waals surface area contributed by atoms with Crippen LogP contribution in [0.1, 0.15) is 25.8 Å². The minimum Gasteiger partial charge on any atom is -0.375 e. The average Bonchev–Trinajstić information content (AvgIpc) is 2.73. The molecule has 3 nitrogen and oxygen atoms in total. The number of aromatic nitrogens is 1. The molecule has 2 heterocycles. The minimum absolute atomic E-state index is 0.660. The fraction of sp³-hybridized carbons (Fsp3) is 0.533. The van der Waals surface area contributed by atoms with E-state index in [0.717, 1.165) is 23.9 Å². The molecule has 2 unspecified atom stereocenters. The summed E-state index contributed by atoms with van der Waals surface area (Å²) in [6, 6.07) is 6.52. The molecule has 19 heavy (non-hydrogen) atoms. The van der Waals surface area contributed by atoms with Crippen LogP contribution in [0.25, 0.3) is 10.2 Å². The predicted molar refractivity (Wildman–Crippen MR) is 82.3 cm³/mol. The molecule has 0 radical (unpaired) electrons. The van der Waals surface area contributed by atoms with Crippen LogP contribution in [0.15, 0.2) is 18.2 Å². The summed E-state index contributed by atoms with van der Waals surface area (Å²) < 4.78 is 1.20. The van der Waals surface area contributed by atoms with Gasteiger partial charge in [0.15, 0.2) is 5.13 Å². The molecule has 0 aliphatic carbocycles. The van der Waals surface area contributed by atoms with Gasteiger partial charge in [0.2, 0.25) is 0 Å². The number of nitrogen functional groups attached to an aromatic ring is 1. The molecule has 1 saturated heterocycles. The van der Waals surface area contributed by atoms with E-state index in [-0.39, 0.29) is 0 Å². The van der Waals surface area contributed by atoms with E-state index in [2.05, 4.69) is 41.9 Å². The van der Waals surface area contributed by atoms with Gasteiger partial charge in [-0.3, -0.25) is 4.90 Å². The molecule has 3 rings (SSSR count). The van der Waals surface area contributed by atoms with Gasteiger partial charge in [-0.2, -0.15) is 0 Å². The summed E-state index contributed by atoms with van der Waals surface area (Å²) in [7, 11) is 0. The fourth-order valence-electron chi connectivity index (χ4n) is 2.84. The summed E-state index contributed by atoms with van der Waals surface area (Å²) in [6.07, 6.45) is 1.32. The summed E-state index contributed by atoms with van der Waals surface area (Å²) in [6.45, 7) is 8.21. The second-order valence-electron chi connectivity index (χ2n) is 5.83. The van der Waals surface area contributed by atoms with Gasteiger partial charge in [-0.05, 0) is 42.5 Å². The molecule has 102 valence electrons. The first kappa shape index (κ1) is 12.9. The number of hydrogen-bond donors (Lipinski definition) is 1. The quantitative estimate of drug-likeness (QED) is 0.914. The molecule has 1 aromatic carbocycles. The van der Waals surface area contributed by atoms with Crippen molar-refractivity contribution in [1.82, 2.24) is 9.88 Å². The number of nitrogens with zero attached hydrogens (tertiary/aromatic N) is 2. The zero-order valence-corrected chi connectivity index (χ0v) is 12.4. The highest BCUT2D eigenvalue weighted by Gasteiger charge is 2.22. The molecule has 0 saturated carbocycles. The molecule has 0 bridgehead atoms. The standard InChI is InChI=1S/C15H21N3S/c1-10-5-6-18(8-11(10)2)9-12-3-4-13-14(7-12)19-15(16)17-13/h3-4,7,10-11H,5-6,8-9H2,1-2H3,(H2,16,17). The highest BCUT2D eigenvalue weighted by molar-refractivity contribution is 7.22. The normalized spacial score (nSPS) is 24.9. The third-order valence-electron chi connectivity index (χ3n) is 4.29. The van der Waals surface area contributed by atoms with Crippen LogP contribution in [0.5, 0.6) is 0 Å². The van der Waals surface area contributed by atoms with Crippen molar-refractivity contribution in [2.45, 2.75) is 26.8 Å². The van der Waals surface area contributed by atoms with Gasteiger partial charge in [-0.15, -0.1) is 0 Å². The van der Waals surface area contributed by atoms with E-state index in [9.17, 15) is 0 Å². The summed E-state index contributed by atoms with van der Waals surface area (Å²) in [5.74, 6) is 1.66. The Hall–Kier alpha value is -1.13. The van der Waals surface area contributed by atoms with Crippen LogP contribution < -0.4 is 5.73 Å². The SMILES string of the molecule is CC1CCN(Cc2ccc3nc(N)sc3c2)CC1C. The zero-order chi connectivity index (χ0) is 13.4. The summed E-state index contributed by atoms with van der Waals surface area (Å²) in [5, 5.41) is 0.660. The summed E-state index contributed by atoms with van der Waals surface area (Å²) in [5.41, 5.74) is 8.15. The second-order valence-corrected chi connectivity index (χ2v) is 6.89. The van der Waals surface area contributed by atoms with Crippen LogP contribution >= 0.6 is 11.3 Å². The molecule has 0 amide bonds. The van der Waals surface area contributed by atoms with Crippen molar-refractivity contribution in [3.63, 3.8) is 0 Å². The van der Waals surface area contributed by atoms with Gasteiger partial charge in [0.05, 0.1) is 10.2 Å². The third-order valence-corrected chi connectivity index (χ3v) is 5.14. The fourth-order valence-corrected chi connectivity index (χ4v) is 3.63. The molecule has 2 N–H and O–H groups in total. The largest absolute Gasteiger partial charge is 0.375 e. The lowest BCUT2D eigenvalue weighted by atomic mass is 9.88. The lowest BCUT2D eigenvalue weighted by Gasteiger charge is -2.35. The van der Waals surface area contributed by atoms with Crippen LogP contribution in [0.2, 0.25) is 0 Å². The number of nitrogens with two attached hydrogens (primary N) is 1. The average molecular weight is 275 g/mol. The molecule has 4 heteroatoms. The molecule has 1 fully saturated rings. The zero-order valence-electron chi connectivity index (χ0n) is 11.6. The highest BCUT2D eigenvalue weighted by Crippen LogP contribution is 2.27. The third kappa shape index (κ3) is 2.74. The molecule has 2 aromatic rings. The molecule has 1 aliphatic heterocycles. The van der Waals surface area contributed by atoms with Gasteiger partial charge in [-0.25, -0.2) is 4.98 Å². The Labute approximate surface area is 118 Å². The van der Waals surface area contributed by atoms with Gasteiger partial charge in [0.25, 0.3) is 0 Å². The Morgan fingerprint density at radius 3 is 3.00 bits per heavy atom. The number of thiazole rings is 1. The van der Waals surface area contributed by atoms with Crippen molar-refractivity contribution in [3.8, 4) is 0 Å². The molecular formula is C15H21N3S. The van der Waals surface area contributed by atoms with Crippen molar-refractivity contribution in [2.24, 2.45) is 11.8 Å². The number of anilines is 1. The maximum absolute atomic E-state index is 5.76. The molecule has 1 aliphatic rings. The topological polar surface area (TPSA) is 42.2 Å². The van der Waals surface area contributed by atoms with Crippen LogP contribution in [0.4, 0.5) is 5.13 Å². The lowest BCUT2D eigenvalue weighted by Crippen LogP contribution is -2.37. The Morgan fingerprint density at radius 2 is 2.21 bits per heavy atom. The molecule has 1 aromatic heterocycles. The first-order chi connectivity index (χ1) is 9.11. The van der Waals surface area contributed by atoms with E-state index in [1.807, 2.05) is 0 Å². The van der Waals surface area contributed by atoms with Crippen molar-refractivity contribution >= 4 is 26.7 Å². The first-order valence-electron chi connectivity index (χ1n) is 6.99. The first-order valence-corrected chi connectivity index (χ1v) is 7.81. The maximum Gasteiger partial charge on any atom is 0.181 e. The Kier molecular flexibility index (Phi) is 3.46. The number of benzene rings is 1.